The minimum Gasteiger partial charge on any atom is -0.293 e. The maximum atomic E-state index is 11.9. The maximum Gasteiger partial charge on any atom is 0.172 e. The largest absolute Gasteiger partial charge is 0.293 e. The molecule has 1 aromatic heterocycles. The van der Waals surface area contributed by atoms with Crippen molar-refractivity contribution in [3.8, 4) is 0 Å². The summed E-state index contributed by atoms with van der Waals surface area (Å²) >= 11 is 10.7. The lowest BCUT2D eigenvalue weighted by Gasteiger charge is -2.01. The average molecular weight is 380 g/mol. The molecule has 0 atom stereocenters. The van der Waals surface area contributed by atoms with E-state index in [9.17, 15) is 4.79 Å². The highest BCUT2D eigenvalue weighted by Gasteiger charge is 2.11. The first kappa shape index (κ1) is 18.2. The van der Waals surface area contributed by atoms with Crippen LogP contribution in [-0.4, -0.2) is 5.78 Å². The van der Waals surface area contributed by atoms with Crippen LogP contribution in [0, 0.1) is 0 Å². The molecule has 0 radical (unpaired) electrons. The smallest absolute Gasteiger partial charge is 0.172 e. The predicted octanol–water partition coefficient (Wildman–Crippen LogP) is 7.27. The molecule has 20 heavy (non-hydrogen) atoms. The summed E-state index contributed by atoms with van der Waals surface area (Å²) in [6, 6.07) is 1.84. The average Bonchev–Trinajstić information content (AvgIpc) is 2.77. The second kappa shape index (κ2) is 10.8. The van der Waals surface area contributed by atoms with Crippen molar-refractivity contribution < 1.29 is 4.79 Å². The molecule has 0 aromatic carbocycles. The zero-order chi connectivity index (χ0) is 14.8. The number of halogens is 2. The summed E-state index contributed by atoms with van der Waals surface area (Å²) < 4.78 is 1.50. The monoisotopic (exact) mass is 378 g/mol. The number of hydrogen-bond acceptors (Lipinski definition) is 2. The van der Waals surface area contributed by atoms with Gasteiger partial charge in [0.1, 0.15) is 4.34 Å². The molecule has 0 fully saturated rings. The van der Waals surface area contributed by atoms with E-state index in [1.54, 1.807) is 0 Å². The van der Waals surface area contributed by atoms with Crippen molar-refractivity contribution in [1.82, 2.24) is 0 Å². The number of carbonyl (C=O) groups is 1. The Kier molecular flexibility index (Phi) is 9.83. The van der Waals surface area contributed by atoms with E-state index < -0.39 is 0 Å². The predicted molar refractivity (Wildman–Crippen MR) is 93.2 cm³/mol. The van der Waals surface area contributed by atoms with Gasteiger partial charge in [-0.25, -0.2) is 0 Å². The van der Waals surface area contributed by atoms with Crippen LogP contribution in [0.4, 0.5) is 0 Å². The van der Waals surface area contributed by atoms with Crippen LogP contribution in [-0.2, 0) is 0 Å². The minimum absolute atomic E-state index is 0.227. The molecule has 0 spiro atoms. The lowest BCUT2D eigenvalue weighted by atomic mass is 10.1. The fourth-order valence-electron chi connectivity index (χ4n) is 2.20. The molecule has 0 bridgehead atoms. The first-order valence-corrected chi connectivity index (χ1v) is 9.62. The number of hydrogen-bond donors (Lipinski definition) is 0. The van der Waals surface area contributed by atoms with Gasteiger partial charge in [0.05, 0.1) is 4.88 Å². The molecule has 1 aromatic rings. The van der Waals surface area contributed by atoms with Crippen LogP contribution in [0.3, 0.4) is 0 Å². The summed E-state index contributed by atoms with van der Waals surface area (Å²) in [4.78, 5) is 12.7. The van der Waals surface area contributed by atoms with E-state index in [-0.39, 0.29) is 5.78 Å². The van der Waals surface area contributed by atoms with Gasteiger partial charge in [-0.05, 0) is 28.4 Å². The molecular weight excluding hydrogens is 356 g/mol. The van der Waals surface area contributed by atoms with Crippen LogP contribution >= 0.6 is 38.9 Å². The molecular formula is C16H24BrClOS. The highest BCUT2D eigenvalue weighted by atomic mass is 79.9. The fraction of sp³-hybridized carbons (Fsp3) is 0.688. The Morgan fingerprint density at radius 1 is 1.10 bits per heavy atom. The van der Waals surface area contributed by atoms with Gasteiger partial charge < -0.3 is 0 Å². The quantitative estimate of drug-likeness (QED) is 0.292. The van der Waals surface area contributed by atoms with Gasteiger partial charge in [0.25, 0.3) is 0 Å². The molecule has 0 N–H and O–H groups in total. The van der Waals surface area contributed by atoms with Crippen molar-refractivity contribution in [3.63, 3.8) is 0 Å². The summed E-state index contributed by atoms with van der Waals surface area (Å²) in [6.45, 7) is 2.25. The molecule has 0 unspecified atom stereocenters. The molecule has 1 nitrogen and oxygen atoms in total. The van der Waals surface area contributed by atoms with E-state index in [1.807, 2.05) is 6.07 Å². The summed E-state index contributed by atoms with van der Waals surface area (Å²) in [6.07, 6.45) is 12.2. The van der Waals surface area contributed by atoms with Crippen LogP contribution in [0.15, 0.2) is 10.5 Å². The standard InChI is InChI=1S/C16H24BrClOS/c1-2-3-4-5-6-7-8-9-10-11-14(19)15-12-13(17)16(18)20-15/h12H,2-11H2,1H3. The van der Waals surface area contributed by atoms with Crippen molar-refractivity contribution in [3.05, 3.63) is 19.8 Å². The minimum atomic E-state index is 0.227. The number of Topliss-reactive ketones (excluding diaryl/α,β-unsaturated/α-hetero) is 1. The molecule has 0 saturated heterocycles. The van der Waals surface area contributed by atoms with E-state index in [0.29, 0.717) is 10.8 Å². The Bertz CT molecular complexity index is 384. The van der Waals surface area contributed by atoms with Crippen LogP contribution < -0.4 is 0 Å². The molecule has 1 rings (SSSR count). The molecule has 0 aliphatic rings. The topological polar surface area (TPSA) is 17.1 Å². The molecule has 0 aliphatic carbocycles. The summed E-state index contributed by atoms with van der Waals surface area (Å²) in [7, 11) is 0. The van der Waals surface area contributed by atoms with Crippen molar-refractivity contribution in [2.75, 3.05) is 0 Å². The number of rotatable bonds is 11. The van der Waals surface area contributed by atoms with E-state index in [0.717, 1.165) is 15.8 Å². The van der Waals surface area contributed by atoms with E-state index in [4.69, 9.17) is 11.6 Å². The van der Waals surface area contributed by atoms with Gasteiger partial charge in [-0.2, -0.15) is 0 Å². The lowest BCUT2D eigenvalue weighted by Crippen LogP contribution is -1.95. The number of unbranched alkanes of at least 4 members (excludes halogenated alkanes) is 8. The Morgan fingerprint density at radius 2 is 1.65 bits per heavy atom. The number of carbonyl (C=O) groups excluding carboxylic acids is 1. The summed E-state index contributed by atoms with van der Waals surface area (Å²) in [5, 5.41) is 0. The third kappa shape index (κ3) is 7.24. The zero-order valence-corrected chi connectivity index (χ0v) is 15.4. The van der Waals surface area contributed by atoms with Crippen LogP contribution in [0.2, 0.25) is 4.34 Å². The highest BCUT2D eigenvalue weighted by molar-refractivity contribution is 9.10. The Labute approximate surface area is 140 Å². The van der Waals surface area contributed by atoms with Crippen LogP contribution in [0.25, 0.3) is 0 Å². The van der Waals surface area contributed by atoms with E-state index in [2.05, 4.69) is 22.9 Å². The number of ketones is 1. The van der Waals surface area contributed by atoms with Crippen LogP contribution in [0.5, 0.6) is 0 Å². The van der Waals surface area contributed by atoms with Gasteiger partial charge in [0.15, 0.2) is 5.78 Å². The fourth-order valence-corrected chi connectivity index (χ4v) is 3.87. The normalized spacial score (nSPS) is 10.9. The Balaban J connectivity index is 2.02. The van der Waals surface area contributed by atoms with Crippen molar-refractivity contribution in [2.24, 2.45) is 0 Å². The molecule has 4 heteroatoms. The van der Waals surface area contributed by atoms with Gasteiger partial charge in [-0.15, -0.1) is 11.3 Å². The first-order valence-electron chi connectivity index (χ1n) is 7.63. The van der Waals surface area contributed by atoms with Gasteiger partial charge in [-0.3, -0.25) is 4.79 Å². The zero-order valence-electron chi connectivity index (χ0n) is 12.2. The Hall–Kier alpha value is 0.140. The third-order valence-corrected chi connectivity index (χ3v) is 5.94. The molecule has 0 aliphatic heterocycles. The SMILES string of the molecule is CCCCCCCCCCCC(=O)c1cc(Br)c(Cl)s1. The maximum absolute atomic E-state index is 11.9. The third-order valence-electron chi connectivity index (χ3n) is 3.43. The van der Waals surface area contributed by atoms with Crippen LogP contribution in [0.1, 0.15) is 80.8 Å². The molecule has 114 valence electrons. The number of thiophene rings is 1. The summed E-state index contributed by atoms with van der Waals surface area (Å²) in [5.74, 6) is 0.227. The highest BCUT2D eigenvalue weighted by Crippen LogP contribution is 2.32. The first-order chi connectivity index (χ1) is 9.65. The molecule has 0 saturated carbocycles. The van der Waals surface area contributed by atoms with Crippen molar-refractivity contribution >= 4 is 44.7 Å². The molecule has 1 heterocycles. The van der Waals surface area contributed by atoms with Gasteiger partial charge in [0.2, 0.25) is 0 Å². The van der Waals surface area contributed by atoms with Crippen molar-refractivity contribution in [1.29, 1.82) is 0 Å². The summed E-state index contributed by atoms with van der Waals surface area (Å²) in [5.41, 5.74) is 0. The lowest BCUT2D eigenvalue weighted by molar-refractivity contribution is 0.0983. The second-order valence-corrected chi connectivity index (χ2v) is 7.74. The van der Waals surface area contributed by atoms with Gasteiger partial charge >= 0.3 is 0 Å². The van der Waals surface area contributed by atoms with E-state index >= 15 is 0 Å². The Morgan fingerprint density at radius 3 is 2.15 bits per heavy atom. The molecule has 0 amide bonds. The van der Waals surface area contributed by atoms with E-state index in [1.165, 1.54) is 62.7 Å². The van der Waals surface area contributed by atoms with Gasteiger partial charge in [0, 0.05) is 10.9 Å². The van der Waals surface area contributed by atoms with Crippen molar-refractivity contribution in [2.45, 2.75) is 71.1 Å². The second-order valence-electron chi connectivity index (χ2n) is 5.23. The van der Waals surface area contributed by atoms with Gasteiger partial charge in [-0.1, -0.05) is 69.9 Å².